The molecule has 31 heavy (non-hydrogen) atoms. The van der Waals surface area contributed by atoms with E-state index in [4.69, 9.17) is 15.7 Å². The molecule has 2 aromatic heterocycles. The van der Waals surface area contributed by atoms with Crippen LogP contribution in [0.5, 0.6) is 0 Å². The summed E-state index contributed by atoms with van der Waals surface area (Å²) in [5, 5.41) is 11.3. The molecule has 0 atom stereocenters. The van der Waals surface area contributed by atoms with Crippen molar-refractivity contribution in [3.05, 3.63) is 63.2 Å². The van der Waals surface area contributed by atoms with Gasteiger partial charge < -0.3 is 15.5 Å². The number of esters is 1. The summed E-state index contributed by atoms with van der Waals surface area (Å²) in [6.07, 6.45) is 0. The number of hydrogen-bond donors (Lipinski definition) is 2. The van der Waals surface area contributed by atoms with Gasteiger partial charge in [0.2, 0.25) is 5.78 Å². The summed E-state index contributed by atoms with van der Waals surface area (Å²) in [4.78, 5) is 44.1. The predicted octanol–water partition coefficient (Wildman–Crippen LogP) is 2.75. The number of carbonyl (C=O) groups is 2. The second-order valence-corrected chi connectivity index (χ2v) is 8.30. The largest absolute Gasteiger partial charge is 0.457 e. The molecule has 0 aliphatic carbocycles. The number of thiophene rings is 1. The van der Waals surface area contributed by atoms with Crippen LogP contribution in [0, 0.1) is 11.3 Å². The zero-order valence-electron chi connectivity index (χ0n) is 16.5. The Kier molecular flexibility index (Phi) is 7.23. The lowest BCUT2D eigenvalue weighted by molar-refractivity contribution is -0.144. The van der Waals surface area contributed by atoms with Gasteiger partial charge in [-0.25, -0.2) is 4.98 Å². The van der Waals surface area contributed by atoms with Gasteiger partial charge in [-0.2, -0.15) is 5.26 Å². The van der Waals surface area contributed by atoms with E-state index in [1.54, 1.807) is 6.07 Å². The Balaban J connectivity index is 1.59. The number of nitrogens with one attached hydrogen (secondary N) is 1. The maximum Gasteiger partial charge on any atom is 0.316 e. The van der Waals surface area contributed by atoms with Crippen LogP contribution in [-0.2, 0) is 20.1 Å². The molecule has 1 aromatic carbocycles. The fraction of sp³-hybridized carbons (Fsp3) is 0.190. The molecule has 0 radical (unpaired) electrons. The number of rotatable bonds is 8. The van der Waals surface area contributed by atoms with Crippen molar-refractivity contribution in [1.29, 1.82) is 5.26 Å². The summed E-state index contributed by atoms with van der Waals surface area (Å²) in [5.41, 5.74) is 6.84. The molecule has 10 heteroatoms. The van der Waals surface area contributed by atoms with Crippen LogP contribution >= 0.6 is 23.1 Å². The van der Waals surface area contributed by atoms with E-state index in [2.05, 4.69) is 9.97 Å². The van der Waals surface area contributed by atoms with Gasteiger partial charge in [0.1, 0.15) is 22.3 Å². The molecule has 0 aliphatic heterocycles. The van der Waals surface area contributed by atoms with Gasteiger partial charge in [0.05, 0.1) is 16.9 Å². The number of benzene rings is 1. The van der Waals surface area contributed by atoms with Crippen molar-refractivity contribution >= 4 is 45.1 Å². The minimum Gasteiger partial charge on any atom is -0.457 e. The van der Waals surface area contributed by atoms with Gasteiger partial charge in [-0.3, -0.25) is 14.4 Å². The fourth-order valence-electron chi connectivity index (χ4n) is 2.75. The second-order valence-electron chi connectivity index (χ2n) is 6.45. The third kappa shape index (κ3) is 5.39. The van der Waals surface area contributed by atoms with Crippen LogP contribution < -0.4 is 11.3 Å². The van der Waals surface area contributed by atoms with Crippen LogP contribution in [0.2, 0.25) is 0 Å². The van der Waals surface area contributed by atoms with Crippen LogP contribution in [0.3, 0.4) is 0 Å². The summed E-state index contributed by atoms with van der Waals surface area (Å²) in [6, 6.07) is 11.3. The molecule has 0 unspecified atom stereocenters. The van der Waals surface area contributed by atoms with Crippen molar-refractivity contribution < 1.29 is 14.3 Å². The number of Topliss-reactive ketones (excluding diaryl/α,β-unsaturated/α-hetero) is 1. The first-order valence-corrected chi connectivity index (χ1v) is 11.1. The standard InChI is InChI=1S/C21H18N4O4S2/c1-12(23)14(7-22)16(26)8-29-18(27)11-30-10-17-24-20(28)19-15(9-31-21(19)25-17)13-5-3-2-4-6-13/h2-6,9H,8,10-11,23H2,1H3,(H,24,25,28)/b14-12+. The highest BCUT2D eigenvalue weighted by atomic mass is 32.2. The first-order valence-electron chi connectivity index (χ1n) is 9.09. The number of nitrogens with zero attached hydrogens (tertiary/aromatic N) is 2. The third-order valence-electron chi connectivity index (χ3n) is 4.19. The Morgan fingerprint density at radius 2 is 2.06 bits per heavy atom. The van der Waals surface area contributed by atoms with E-state index in [1.165, 1.54) is 30.0 Å². The smallest absolute Gasteiger partial charge is 0.316 e. The Hall–Kier alpha value is -3.42. The number of ketones is 1. The molecule has 0 fully saturated rings. The first-order chi connectivity index (χ1) is 14.9. The number of nitrogens with two attached hydrogens (primary N) is 1. The van der Waals surface area contributed by atoms with E-state index in [0.29, 0.717) is 16.0 Å². The molecule has 0 bridgehead atoms. The number of aromatic nitrogens is 2. The normalized spacial score (nSPS) is 11.6. The molecule has 8 nitrogen and oxygen atoms in total. The van der Waals surface area contributed by atoms with Crippen LogP contribution in [-0.4, -0.2) is 34.1 Å². The molecule has 0 saturated heterocycles. The van der Waals surface area contributed by atoms with Crippen molar-refractivity contribution in [3.8, 4) is 17.2 Å². The number of fused-ring (bicyclic) bond motifs is 1. The number of allylic oxidation sites excluding steroid dienone is 1. The van der Waals surface area contributed by atoms with Crippen LogP contribution in [0.25, 0.3) is 21.3 Å². The lowest BCUT2D eigenvalue weighted by Crippen LogP contribution is -2.18. The Morgan fingerprint density at radius 3 is 2.74 bits per heavy atom. The molecule has 0 aliphatic rings. The number of thioether (sulfide) groups is 1. The van der Waals surface area contributed by atoms with Crippen LogP contribution in [0.1, 0.15) is 12.7 Å². The van der Waals surface area contributed by atoms with E-state index >= 15 is 0 Å². The monoisotopic (exact) mass is 454 g/mol. The molecule has 3 aromatic rings. The minimum absolute atomic E-state index is 0.0397. The van der Waals surface area contributed by atoms with Crippen LogP contribution in [0.15, 0.2) is 51.8 Å². The average Bonchev–Trinajstić information content (AvgIpc) is 3.18. The quantitative estimate of drug-likeness (QED) is 0.301. The van der Waals surface area contributed by atoms with Crippen molar-refractivity contribution in [2.75, 3.05) is 12.4 Å². The molecule has 3 rings (SSSR count). The zero-order valence-corrected chi connectivity index (χ0v) is 18.1. The maximum atomic E-state index is 12.6. The van der Waals surface area contributed by atoms with Crippen molar-refractivity contribution in [3.63, 3.8) is 0 Å². The molecule has 0 saturated carbocycles. The second kappa shape index (κ2) is 10.1. The minimum atomic E-state index is -0.649. The van der Waals surface area contributed by atoms with Gasteiger partial charge in [0.15, 0.2) is 6.61 Å². The zero-order chi connectivity index (χ0) is 22.4. The Labute approximate surface area is 185 Å². The van der Waals surface area contributed by atoms with E-state index in [-0.39, 0.29) is 28.3 Å². The van der Waals surface area contributed by atoms with Gasteiger partial charge in [-0.05, 0) is 12.5 Å². The molecule has 0 amide bonds. The summed E-state index contributed by atoms with van der Waals surface area (Å²) in [7, 11) is 0. The maximum absolute atomic E-state index is 12.6. The summed E-state index contributed by atoms with van der Waals surface area (Å²) >= 11 is 2.58. The molecule has 0 spiro atoms. The van der Waals surface area contributed by atoms with Gasteiger partial charge in [0.25, 0.3) is 5.56 Å². The number of hydrogen-bond acceptors (Lipinski definition) is 9. The van der Waals surface area contributed by atoms with Gasteiger partial charge in [-0.1, -0.05) is 30.3 Å². The lowest BCUT2D eigenvalue weighted by atomic mass is 10.1. The molecule has 3 N–H and O–H groups in total. The summed E-state index contributed by atoms with van der Waals surface area (Å²) in [5.74, 6) is -0.568. The number of ether oxygens (including phenoxy) is 1. The fourth-order valence-corrected chi connectivity index (χ4v) is 4.40. The SMILES string of the molecule is C/C(N)=C(/C#N)C(=O)COC(=O)CSCc1nc2scc(-c3ccccc3)c2c(=O)[nH]1. The molecule has 2 heterocycles. The van der Waals surface area contributed by atoms with Crippen molar-refractivity contribution in [1.82, 2.24) is 9.97 Å². The van der Waals surface area contributed by atoms with Gasteiger partial charge in [0, 0.05) is 16.6 Å². The topological polar surface area (TPSA) is 139 Å². The van der Waals surface area contributed by atoms with E-state index < -0.39 is 18.4 Å². The lowest BCUT2D eigenvalue weighted by Gasteiger charge is -2.05. The van der Waals surface area contributed by atoms with Crippen molar-refractivity contribution in [2.24, 2.45) is 5.73 Å². The molecular formula is C21H18N4O4S2. The van der Waals surface area contributed by atoms with Gasteiger partial charge >= 0.3 is 5.97 Å². The highest BCUT2D eigenvalue weighted by Gasteiger charge is 2.15. The van der Waals surface area contributed by atoms with Gasteiger partial charge in [-0.15, -0.1) is 23.1 Å². The average molecular weight is 455 g/mol. The molecule has 158 valence electrons. The summed E-state index contributed by atoms with van der Waals surface area (Å²) in [6.45, 7) is 0.879. The van der Waals surface area contributed by atoms with Crippen molar-refractivity contribution in [2.45, 2.75) is 12.7 Å². The van der Waals surface area contributed by atoms with E-state index in [1.807, 2.05) is 35.7 Å². The summed E-state index contributed by atoms with van der Waals surface area (Å²) < 4.78 is 4.88. The number of H-pyrrole nitrogens is 1. The Bertz CT molecular complexity index is 1250. The van der Waals surface area contributed by atoms with Crippen LogP contribution in [0.4, 0.5) is 0 Å². The highest BCUT2D eigenvalue weighted by molar-refractivity contribution is 7.99. The number of carbonyl (C=O) groups excluding carboxylic acids is 2. The highest BCUT2D eigenvalue weighted by Crippen LogP contribution is 2.30. The van der Waals surface area contributed by atoms with E-state index in [0.717, 1.165) is 11.1 Å². The third-order valence-corrected chi connectivity index (χ3v) is 5.98. The van der Waals surface area contributed by atoms with E-state index in [9.17, 15) is 14.4 Å². The predicted molar refractivity (Wildman–Crippen MR) is 120 cm³/mol. The first kappa shape index (κ1) is 22.3. The Morgan fingerprint density at radius 1 is 1.32 bits per heavy atom. The number of aromatic amines is 1. The molecular weight excluding hydrogens is 436 g/mol. The number of nitriles is 1.